The summed E-state index contributed by atoms with van der Waals surface area (Å²) in [4.78, 5) is 23.3. The van der Waals surface area contributed by atoms with E-state index in [0.29, 0.717) is 17.1 Å². The van der Waals surface area contributed by atoms with Crippen LogP contribution in [0.25, 0.3) is 0 Å². The molecule has 0 aliphatic heterocycles. The van der Waals surface area contributed by atoms with Crippen LogP contribution in [0.2, 0.25) is 0 Å². The van der Waals surface area contributed by atoms with E-state index in [1.807, 2.05) is 25.1 Å². The Morgan fingerprint density at radius 3 is 2.46 bits per heavy atom. The minimum absolute atomic E-state index is 0.0377. The Kier molecular flexibility index (Phi) is 7.02. The number of anilines is 2. The summed E-state index contributed by atoms with van der Waals surface area (Å²) in [7, 11) is 1.51. The quantitative estimate of drug-likeness (QED) is 0.707. The highest BCUT2D eigenvalue weighted by atomic mass is 16.5. The molecule has 2 rings (SSSR count). The number of ether oxygens (including phenoxy) is 1. The number of rotatable bonds is 7. The van der Waals surface area contributed by atoms with E-state index >= 15 is 0 Å². The van der Waals surface area contributed by atoms with Gasteiger partial charge in [-0.05, 0) is 37.5 Å². The average Bonchev–Trinajstić information content (AvgIpc) is 2.61. The molecule has 2 aromatic rings. The van der Waals surface area contributed by atoms with Crippen molar-refractivity contribution in [3.63, 3.8) is 0 Å². The summed E-state index contributed by atoms with van der Waals surface area (Å²) in [6.07, 6.45) is 1.75. The first-order valence-electron chi connectivity index (χ1n) is 8.55. The summed E-state index contributed by atoms with van der Waals surface area (Å²) >= 11 is 0. The van der Waals surface area contributed by atoms with E-state index in [0.717, 1.165) is 12.8 Å². The number of carbonyl (C=O) groups excluding carboxylic acids is 2. The molecular weight excluding hydrogens is 330 g/mol. The molecule has 0 saturated carbocycles. The zero-order valence-corrected chi connectivity index (χ0v) is 15.3. The largest absolute Gasteiger partial charge is 0.494 e. The van der Waals surface area contributed by atoms with Crippen LogP contribution in [0, 0.1) is 0 Å². The van der Waals surface area contributed by atoms with Crippen LogP contribution in [0.4, 0.5) is 16.2 Å². The Morgan fingerprint density at radius 1 is 1.08 bits per heavy atom. The molecule has 0 radical (unpaired) electrons. The van der Waals surface area contributed by atoms with Crippen LogP contribution in [0.5, 0.6) is 5.75 Å². The van der Waals surface area contributed by atoms with Crippen LogP contribution in [0.15, 0.2) is 48.5 Å². The van der Waals surface area contributed by atoms with Crippen molar-refractivity contribution in [2.45, 2.75) is 32.7 Å². The minimum atomic E-state index is -0.278. The van der Waals surface area contributed by atoms with E-state index in [4.69, 9.17) is 4.74 Å². The maximum atomic E-state index is 12.2. The molecule has 138 valence electrons. The van der Waals surface area contributed by atoms with Crippen molar-refractivity contribution in [3.8, 4) is 5.75 Å². The van der Waals surface area contributed by atoms with Gasteiger partial charge in [0, 0.05) is 24.7 Å². The normalized spacial score (nSPS) is 11.3. The minimum Gasteiger partial charge on any atom is -0.494 e. The predicted octanol–water partition coefficient (Wildman–Crippen LogP) is 3.80. The van der Waals surface area contributed by atoms with E-state index in [9.17, 15) is 9.59 Å². The lowest BCUT2D eigenvalue weighted by Crippen LogP contribution is -2.36. The molecule has 0 aliphatic rings. The number of hydrogen-bond acceptors (Lipinski definition) is 3. The van der Waals surface area contributed by atoms with Gasteiger partial charge in [0.05, 0.1) is 12.8 Å². The van der Waals surface area contributed by atoms with E-state index in [2.05, 4.69) is 28.1 Å². The molecule has 1 atom stereocenters. The Balaban J connectivity index is 1.87. The van der Waals surface area contributed by atoms with E-state index in [1.54, 1.807) is 18.2 Å². The fourth-order valence-electron chi connectivity index (χ4n) is 2.55. The summed E-state index contributed by atoms with van der Waals surface area (Å²) in [6.45, 7) is 3.40. The highest BCUT2D eigenvalue weighted by Crippen LogP contribution is 2.27. The van der Waals surface area contributed by atoms with Gasteiger partial charge in [-0.3, -0.25) is 4.79 Å². The third-order valence-electron chi connectivity index (χ3n) is 3.86. The predicted molar refractivity (Wildman–Crippen MR) is 104 cm³/mol. The summed E-state index contributed by atoms with van der Waals surface area (Å²) in [6, 6.07) is 15.0. The van der Waals surface area contributed by atoms with Gasteiger partial charge in [0.1, 0.15) is 5.75 Å². The van der Waals surface area contributed by atoms with Crippen LogP contribution in [-0.2, 0) is 11.2 Å². The Morgan fingerprint density at radius 2 is 1.81 bits per heavy atom. The molecular formula is C20H25N3O3. The Bertz CT molecular complexity index is 747. The fourth-order valence-corrected chi connectivity index (χ4v) is 2.55. The third kappa shape index (κ3) is 6.12. The molecule has 0 heterocycles. The zero-order chi connectivity index (χ0) is 18.9. The maximum Gasteiger partial charge on any atom is 0.319 e. The van der Waals surface area contributed by atoms with E-state index in [1.165, 1.54) is 19.6 Å². The molecule has 0 spiro atoms. The second kappa shape index (κ2) is 9.46. The topological polar surface area (TPSA) is 79.5 Å². The summed E-state index contributed by atoms with van der Waals surface area (Å²) in [5, 5.41) is 8.38. The first kappa shape index (κ1) is 19.3. The molecule has 6 heteroatoms. The Labute approximate surface area is 153 Å². The Hall–Kier alpha value is -3.02. The lowest BCUT2D eigenvalue weighted by Gasteiger charge is -2.16. The highest BCUT2D eigenvalue weighted by molar-refractivity contribution is 5.93. The number of benzene rings is 2. The molecule has 6 nitrogen and oxygen atoms in total. The lowest BCUT2D eigenvalue weighted by molar-refractivity contribution is -0.114. The zero-order valence-electron chi connectivity index (χ0n) is 15.3. The lowest BCUT2D eigenvalue weighted by atomic mass is 10.1. The SMILES string of the molecule is COc1cc(NC(=O)NC(C)CCc2ccccc2)ccc1NC(C)=O. The van der Waals surface area contributed by atoms with Crippen LogP contribution in [-0.4, -0.2) is 25.1 Å². The number of carbonyl (C=O) groups is 2. The van der Waals surface area contributed by atoms with Crippen molar-refractivity contribution in [1.29, 1.82) is 0 Å². The standard InChI is InChI=1S/C20H25N3O3/c1-14(9-10-16-7-5-4-6-8-16)21-20(25)23-17-11-12-18(22-15(2)24)19(13-17)26-3/h4-8,11-14H,9-10H2,1-3H3,(H,22,24)(H2,21,23,25). The molecule has 3 amide bonds. The molecule has 26 heavy (non-hydrogen) atoms. The van der Waals surface area contributed by atoms with Crippen LogP contribution in [0.3, 0.4) is 0 Å². The van der Waals surface area contributed by atoms with Gasteiger partial charge in [0.25, 0.3) is 0 Å². The second-order valence-corrected chi connectivity index (χ2v) is 6.12. The maximum absolute atomic E-state index is 12.2. The summed E-state index contributed by atoms with van der Waals surface area (Å²) in [5.74, 6) is 0.295. The van der Waals surface area contributed by atoms with Crippen LogP contribution in [0.1, 0.15) is 25.8 Å². The van der Waals surface area contributed by atoms with Gasteiger partial charge in [-0.1, -0.05) is 30.3 Å². The first-order valence-corrected chi connectivity index (χ1v) is 8.55. The van der Waals surface area contributed by atoms with Gasteiger partial charge in [0.15, 0.2) is 0 Å². The molecule has 3 N–H and O–H groups in total. The second-order valence-electron chi connectivity index (χ2n) is 6.12. The van der Waals surface area contributed by atoms with Crippen molar-refractivity contribution in [1.82, 2.24) is 5.32 Å². The van der Waals surface area contributed by atoms with Gasteiger partial charge in [0.2, 0.25) is 5.91 Å². The molecule has 1 unspecified atom stereocenters. The molecule has 2 aromatic carbocycles. The van der Waals surface area contributed by atoms with Gasteiger partial charge >= 0.3 is 6.03 Å². The third-order valence-corrected chi connectivity index (χ3v) is 3.86. The van der Waals surface area contributed by atoms with Crippen molar-refractivity contribution in [3.05, 3.63) is 54.1 Å². The molecule has 0 saturated heterocycles. The van der Waals surface area contributed by atoms with Crippen molar-refractivity contribution >= 4 is 23.3 Å². The fraction of sp³-hybridized carbons (Fsp3) is 0.300. The van der Waals surface area contributed by atoms with Gasteiger partial charge < -0.3 is 20.7 Å². The molecule has 0 fully saturated rings. The number of urea groups is 1. The summed E-state index contributed by atoms with van der Waals surface area (Å²) in [5.41, 5.74) is 2.39. The molecule has 0 bridgehead atoms. The number of nitrogens with one attached hydrogen (secondary N) is 3. The van der Waals surface area contributed by atoms with Crippen molar-refractivity contribution in [2.75, 3.05) is 17.7 Å². The molecule has 0 aliphatic carbocycles. The summed E-state index contributed by atoms with van der Waals surface area (Å²) < 4.78 is 5.25. The van der Waals surface area contributed by atoms with Crippen LogP contribution < -0.4 is 20.7 Å². The van der Waals surface area contributed by atoms with Crippen molar-refractivity contribution < 1.29 is 14.3 Å². The van der Waals surface area contributed by atoms with E-state index in [-0.39, 0.29) is 18.0 Å². The number of methoxy groups -OCH3 is 1. The smallest absolute Gasteiger partial charge is 0.319 e. The molecule has 0 aromatic heterocycles. The van der Waals surface area contributed by atoms with Gasteiger partial charge in [-0.2, -0.15) is 0 Å². The average molecular weight is 355 g/mol. The highest BCUT2D eigenvalue weighted by Gasteiger charge is 2.10. The monoisotopic (exact) mass is 355 g/mol. The number of hydrogen-bond donors (Lipinski definition) is 3. The number of amides is 3. The van der Waals surface area contributed by atoms with Crippen LogP contribution >= 0.6 is 0 Å². The first-order chi connectivity index (χ1) is 12.5. The van der Waals surface area contributed by atoms with Gasteiger partial charge in [-0.15, -0.1) is 0 Å². The van der Waals surface area contributed by atoms with Gasteiger partial charge in [-0.25, -0.2) is 4.79 Å². The van der Waals surface area contributed by atoms with E-state index < -0.39 is 0 Å². The number of aryl methyl sites for hydroxylation is 1. The van der Waals surface area contributed by atoms with Crippen molar-refractivity contribution in [2.24, 2.45) is 0 Å².